The number of allylic oxidation sites excluding steroid dienone is 1. The number of nitrogens with one attached hydrogen (secondary N) is 3. The molecule has 5 nitrogen and oxygen atoms in total. The minimum Gasteiger partial charge on any atom is -0.340 e. The molecule has 0 bridgehead atoms. The first-order valence-corrected chi connectivity index (χ1v) is 8.96. The Kier molecular flexibility index (Phi) is 4.40. The molecule has 0 fully saturated rings. The molecule has 1 unspecified atom stereocenters. The number of rotatable bonds is 2. The summed E-state index contributed by atoms with van der Waals surface area (Å²) in [5.74, 6) is -0.0594. The molecule has 2 heterocycles. The molecule has 3 aromatic rings. The molecule has 4 rings (SSSR count). The molecule has 0 amide bonds. The Labute approximate surface area is 165 Å². The van der Waals surface area contributed by atoms with Crippen molar-refractivity contribution in [1.29, 1.82) is 5.26 Å². The summed E-state index contributed by atoms with van der Waals surface area (Å²) in [5, 5.41) is 13.7. The number of nitriles is 1. The van der Waals surface area contributed by atoms with Gasteiger partial charge in [-0.15, -0.1) is 0 Å². The van der Waals surface area contributed by atoms with E-state index in [4.69, 9.17) is 23.8 Å². The Balaban J connectivity index is 2.04. The Bertz CT molecular complexity index is 1200. The van der Waals surface area contributed by atoms with Gasteiger partial charge in [0.15, 0.2) is 4.77 Å². The van der Waals surface area contributed by atoms with Crippen LogP contribution in [0, 0.1) is 16.1 Å². The summed E-state index contributed by atoms with van der Waals surface area (Å²) < 4.78 is 0.217. The normalized spacial score (nSPS) is 15.6. The number of nitrogens with zero attached hydrogens (tertiary/aromatic N) is 1. The zero-order valence-electron chi connectivity index (χ0n) is 13.9. The highest BCUT2D eigenvalue weighted by molar-refractivity contribution is 7.71. The van der Waals surface area contributed by atoms with E-state index in [0.29, 0.717) is 27.7 Å². The number of benzene rings is 2. The third-order valence-electron chi connectivity index (χ3n) is 4.46. The molecule has 0 saturated heterocycles. The van der Waals surface area contributed by atoms with Gasteiger partial charge in [0.25, 0.3) is 5.56 Å². The predicted molar refractivity (Wildman–Crippen MR) is 108 cm³/mol. The highest BCUT2D eigenvalue weighted by Gasteiger charge is 2.33. The number of aromatic nitrogens is 2. The molecule has 0 spiro atoms. The Morgan fingerprint density at radius 1 is 1.04 bits per heavy atom. The smallest absolute Gasteiger partial charge is 0.258 e. The Morgan fingerprint density at radius 3 is 2.41 bits per heavy atom. The van der Waals surface area contributed by atoms with Gasteiger partial charge < -0.3 is 10.3 Å². The van der Waals surface area contributed by atoms with Crippen LogP contribution in [0.5, 0.6) is 0 Å². The number of anilines is 1. The van der Waals surface area contributed by atoms with Crippen LogP contribution in [0.1, 0.15) is 22.6 Å². The van der Waals surface area contributed by atoms with Crippen molar-refractivity contribution in [2.24, 2.45) is 0 Å². The van der Waals surface area contributed by atoms with Crippen molar-refractivity contribution >= 4 is 35.3 Å². The summed E-state index contributed by atoms with van der Waals surface area (Å²) in [4.78, 5) is 18.3. The number of halogens is 1. The van der Waals surface area contributed by atoms with E-state index >= 15 is 0 Å². The van der Waals surface area contributed by atoms with Crippen LogP contribution < -0.4 is 10.9 Å². The predicted octanol–water partition coefficient (Wildman–Crippen LogP) is 4.58. The minimum absolute atomic E-state index is 0.217. The standard InChI is InChI=1S/C20H13ClN4OS/c21-13-8-6-11(7-9-13)15-14(10-22)17(12-4-2-1-3-5-12)23-18-16(15)19(26)25-20(27)24-18/h1-9,15H,(H3,23,24,25,26,27). The lowest BCUT2D eigenvalue weighted by atomic mass is 9.81. The summed E-state index contributed by atoms with van der Waals surface area (Å²) in [5.41, 5.74) is 2.82. The summed E-state index contributed by atoms with van der Waals surface area (Å²) in [7, 11) is 0. The number of fused-ring (bicyclic) bond motifs is 1. The van der Waals surface area contributed by atoms with Crippen LogP contribution in [0.4, 0.5) is 5.82 Å². The van der Waals surface area contributed by atoms with Crippen LogP contribution >= 0.6 is 23.8 Å². The van der Waals surface area contributed by atoms with Gasteiger partial charge in [0.2, 0.25) is 0 Å². The molecule has 1 atom stereocenters. The molecule has 27 heavy (non-hydrogen) atoms. The van der Waals surface area contributed by atoms with Crippen LogP contribution in [-0.2, 0) is 0 Å². The van der Waals surface area contributed by atoms with E-state index in [2.05, 4.69) is 21.4 Å². The maximum Gasteiger partial charge on any atom is 0.258 e. The molecule has 0 saturated carbocycles. The van der Waals surface area contributed by atoms with Gasteiger partial charge >= 0.3 is 0 Å². The molecular weight excluding hydrogens is 380 g/mol. The fraction of sp³-hybridized carbons (Fsp3) is 0.0500. The van der Waals surface area contributed by atoms with E-state index in [1.54, 1.807) is 12.1 Å². The largest absolute Gasteiger partial charge is 0.340 e. The quantitative estimate of drug-likeness (QED) is 0.557. The van der Waals surface area contributed by atoms with E-state index in [9.17, 15) is 10.1 Å². The molecule has 2 aromatic carbocycles. The van der Waals surface area contributed by atoms with Crippen molar-refractivity contribution in [2.75, 3.05) is 5.32 Å². The molecule has 1 aliphatic rings. The third-order valence-corrected chi connectivity index (χ3v) is 4.92. The third kappa shape index (κ3) is 3.08. The van der Waals surface area contributed by atoms with Gasteiger partial charge in [-0.25, -0.2) is 0 Å². The van der Waals surface area contributed by atoms with Crippen LogP contribution in [0.15, 0.2) is 65.0 Å². The second kappa shape index (κ2) is 6.88. The first-order valence-electron chi connectivity index (χ1n) is 8.17. The maximum absolute atomic E-state index is 12.7. The summed E-state index contributed by atoms with van der Waals surface area (Å²) in [6.45, 7) is 0. The topological polar surface area (TPSA) is 84.5 Å². The van der Waals surface area contributed by atoms with E-state index in [0.717, 1.165) is 11.1 Å². The van der Waals surface area contributed by atoms with Gasteiger partial charge in [0.05, 0.1) is 28.8 Å². The Hall–Kier alpha value is -3.14. The van der Waals surface area contributed by atoms with Crippen LogP contribution in [0.25, 0.3) is 5.70 Å². The monoisotopic (exact) mass is 392 g/mol. The van der Waals surface area contributed by atoms with E-state index < -0.39 is 5.92 Å². The zero-order valence-corrected chi connectivity index (χ0v) is 15.5. The SMILES string of the molecule is N#CC1=C(c2ccccc2)Nc2[nH]c(=S)[nH]c(=O)c2C1c1ccc(Cl)cc1. The van der Waals surface area contributed by atoms with Gasteiger partial charge in [-0.3, -0.25) is 9.78 Å². The summed E-state index contributed by atoms with van der Waals surface area (Å²) >= 11 is 11.1. The number of H-pyrrole nitrogens is 2. The van der Waals surface area contributed by atoms with Crippen LogP contribution in [0.3, 0.4) is 0 Å². The van der Waals surface area contributed by atoms with Crippen LogP contribution in [0.2, 0.25) is 5.02 Å². The van der Waals surface area contributed by atoms with Gasteiger partial charge in [-0.1, -0.05) is 54.1 Å². The highest BCUT2D eigenvalue weighted by Crippen LogP contribution is 2.41. The van der Waals surface area contributed by atoms with Crippen molar-refractivity contribution in [3.63, 3.8) is 0 Å². The molecule has 0 aliphatic carbocycles. The number of hydrogen-bond acceptors (Lipinski definition) is 4. The first kappa shape index (κ1) is 17.3. The summed E-state index contributed by atoms with van der Waals surface area (Å²) in [6, 6.07) is 18.9. The minimum atomic E-state index is -0.547. The van der Waals surface area contributed by atoms with Gasteiger partial charge in [0.1, 0.15) is 5.82 Å². The molecule has 1 aromatic heterocycles. The average molecular weight is 393 g/mol. The Morgan fingerprint density at radius 2 is 1.74 bits per heavy atom. The van der Waals surface area contributed by atoms with Gasteiger partial charge in [0, 0.05) is 5.02 Å². The number of aromatic amines is 2. The molecule has 1 aliphatic heterocycles. The second-order valence-electron chi connectivity index (χ2n) is 6.07. The molecule has 0 radical (unpaired) electrons. The first-order chi connectivity index (χ1) is 13.1. The lowest BCUT2D eigenvalue weighted by Gasteiger charge is -2.28. The zero-order chi connectivity index (χ0) is 19.0. The lowest BCUT2D eigenvalue weighted by Crippen LogP contribution is -2.27. The van der Waals surface area contributed by atoms with E-state index in [-0.39, 0.29) is 10.3 Å². The maximum atomic E-state index is 12.7. The van der Waals surface area contributed by atoms with E-state index in [1.165, 1.54) is 0 Å². The van der Waals surface area contributed by atoms with E-state index in [1.807, 2.05) is 42.5 Å². The summed E-state index contributed by atoms with van der Waals surface area (Å²) in [6.07, 6.45) is 0. The van der Waals surface area contributed by atoms with Crippen molar-refractivity contribution < 1.29 is 0 Å². The highest BCUT2D eigenvalue weighted by atomic mass is 35.5. The van der Waals surface area contributed by atoms with Crippen molar-refractivity contribution in [3.8, 4) is 6.07 Å². The molecule has 132 valence electrons. The van der Waals surface area contributed by atoms with Gasteiger partial charge in [-0.2, -0.15) is 5.26 Å². The average Bonchev–Trinajstić information content (AvgIpc) is 2.67. The second-order valence-corrected chi connectivity index (χ2v) is 6.92. The molecule has 3 N–H and O–H groups in total. The molecular formula is C20H13ClN4OS. The number of hydrogen-bond donors (Lipinski definition) is 3. The van der Waals surface area contributed by atoms with Crippen molar-refractivity contribution in [2.45, 2.75) is 5.92 Å². The fourth-order valence-corrected chi connectivity index (χ4v) is 3.61. The molecule has 7 heteroatoms. The van der Waals surface area contributed by atoms with Gasteiger partial charge in [-0.05, 0) is 35.5 Å². The lowest BCUT2D eigenvalue weighted by molar-refractivity contribution is 0.903. The van der Waals surface area contributed by atoms with Crippen LogP contribution in [-0.4, -0.2) is 9.97 Å². The fourth-order valence-electron chi connectivity index (χ4n) is 3.29. The van der Waals surface area contributed by atoms with Crippen molar-refractivity contribution in [1.82, 2.24) is 9.97 Å². The van der Waals surface area contributed by atoms with Crippen molar-refractivity contribution in [3.05, 3.63) is 97.0 Å².